The van der Waals surface area contributed by atoms with E-state index >= 15 is 0 Å². The Labute approximate surface area is 160 Å². The predicted octanol–water partition coefficient (Wildman–Crippen LogP) is 4.37. The van der Waals surface area contributed by atoms with Crippen molar-refractivity contribution in [1.29, 1.82) is 0 Å². The van der Waals surface area contributed by atoms with E-state index in [4.69, 9.17) is 39.5 Å². The van der Waals surface area contributed by atoms with E-state index in [2.05, 4.69) is 5.32 Å². The topological polar surface area (TPSA) is 58.6 Å². The van der Waals surface area contributed by atoms with Gasteiger partial charge in [0.2, 0.25) is 5.91 Å². The van der Waals surface area contributed by atoms with Gasteiger partial charge >= 0.3 is 0 Å². The Morgan fingerprint density at radius 2 is 1.88 bits per heavy atom. The van der Waals surface area contributed by atoms with Crippen LogP contribution in [-0.4, -0.2) is 37.4 Å². The molecule has 2 amide bonds. The number of hydrogen-bond donors (Lipinski definition) is 1. The molecule has 0 fully saturated rings. The molecule has 25 heavy (non-hydrogen) atoms. The minimum atomic E-state index is -0.416. The molecule has 0 aliphatic heterocycles. The largest absolute Gasteiger partial charge is 0.495 e. The highest BCUT2D eigenvalue weighted by Gasteiger charge is 2.19. The van der Waals surface area contributed by atoms with Crippen molar-refractivity contribution in [2.24, 2.45) is 0 Å². The highest BCUT2D eigenvalue weighted by Crippen LogP contribution is 2.28. The van der Waals surface area contributed by atoms with E-state index in [9.17, 15) is 9.59 Å². The zero-order valence-corrected chi connectivity index (χ0v) is 15.7. The second-order valence-corrected chi connectivity index (χ2v) is 6.38. The number of nitrogens with one attached hydrogen (secondary N) is 1. The number of nitrogens with zero attached hydrogens (tertiary/aromatic N) is 1. The van der Waals surface area contributed by atoms with Gasteiger partial charge < -0.3 is 15.0 Å². The Hall–Kier alpha value is -1.95. The number of hydrogen-bond acceptors (Lipinski definition) is 3. The van der Waals surface area contributed by atoms with E-state index in [0.717, 1.165) is 0 Å². The standard InChI is InChI=1S/C17H15Cl3N2O3/c1-22(17(24)11-4-3-5-12(19)16(11)20)9-15(23)21-13-8-10(18)6-7-14(13)25-2/h3-8H,9H2,1-2H3,(H,21,23). The number of methoxy groups -OCH3 is 1. The lowest BCUT2D eigenvalue weighted by atomic mass is 10.2. The van der Waals surface area contributed by atoms with Crippen LogP contribution in [0.1, 0.15) is 10.4 Å². The van der Waals surface area contributed by atoms with Crippen LogP contribution in [0.25, 0.3) is 0 Å². The summed E-state index contributed by atoms with van der Waals surface area (Å²) in [5, 5.41) is 3.54. The van der Waals surface area contributed by atoms with E-state index in [-0.39, 0.29) is 22.2 Å². The van der Waals surface area contributed by atoms with Crippen molar-refractivity contribution in [3.8, 4) is 5.75 Å². The highest BCUT2D eigenvalue weighted by molar-refractivity contribution is 6.43. The molecular formula is C17H15Cl3N2O3. The van der Waals surface area contributed by atoms with Crippen molar-refractivity contribution in [2.75, 3.05) is 26.0 Å². The fourth-order valence-electron chi connectivity index (χ4n) is 2.13. The quantitative estimate of drug-likeness (QED) is 0.809. The number of ether oxygens (including phenoxy) is 1. The molecule has 8 heteroatoms. The number of halogens is 3. The molecule has 0 aliphatic rings. The van der Waals surface area contributed by atoms with Crippen LogP contribution in [0.5, 0.6) is 5.75 Å². The number of amides is 2. The maximum absolute atomic E-state index is 12.4. The van der Waals surface area contributed by atoms with Gasteiger partial charge in [-0.15, -0.1) is 0 Å². The Kier molecular flexibility index (Phi) is 6.53. The minimum Gasteiger partial charge on any atom is -0.495 e. The van der Waals surface area contributed by atoms with Crippen LogP contribution in [0.4, 0.5) is 5.69 Å². The SMILES string of the molecule is COc1ccc(Cl)cc1NC(=O)CN(C)C(=O)c1cccc(Cl)c1Cl. The first-order valence-electron chi connectivity index (χ1n) is 7.16. The average Bonchev–Trinajstić information content (AvgIpc) is 2.56. The first-order chi connectivity index (χ1) is 11.8. The predicted molar refractivity (Wildman–Crippen MR) is 100 cm³/mol. The number of anilines is 1. The molecule has 0 saturated heterocycles. The molecule has 0 spiro atoms. The molecule has 132 valence electrons. The van der Waals surface area contributed by atoms with Crippen LogP contribution in [0.2, 0.25) is 15.1 Å². The normalized spacial score (nSPS) is 10.3. The fraction of sp³-hybridized carbons (Fsp3) is 0.176. The van der Waals surface area contributed by atoms with Crippen LogP contribution in [-0.2, 0) is 4.79 Å². The molecule has 1 N–H and O–H groups in total. The maximum Gasteiger partial charge on any atom is 0.255 e. The molecule has 0 aromatic heterocycles. The molecule has 0 atom stereocenters. The Bertz CT molecular complexity index is 812. The van der Waals surface area contributed by atoms with Gasteiger partial charge in [0, 0.05) is 12.1 Å². The molecule has 0 heterocycles. The summed E-state index contributed by atoms with van der Waals surface area (Å²) in [7, 11) is 2.98. The number of likely N-dealkylation sites (N-methyl/N-ethyl adjacent to an activating group) is 1. The summed E-state index contributed by atoms with van der Waals surface area (Å²) in [6.07, 6.45) is 0. The van der Waals surface area contributed by atoms with E-state index < -0.39 is 11.8 Å². The van der Waals surface area contributed by atoms with Gasteiger partial charge in [-0.05, 0) is 30.3 Å². The van der Waals surface area contributed by atoms with E-state index in [0.29, 0.717) is 16.5 Å². The summed E-state index contributed by atoms with van der Waals surface area (Å²) in [4.78, 5) is 25.9. The zero-order valence-electron chi connectivity index (χ0n) is 13.5. The van der Waals surface area contributed by atoms with Crippen LogP contribution in [0.3, 0.4) is 0 Å². The number of benzene rings is 2. The minimum absolute atomic E-state index is 0.151. The first kappa shape index (κ1) is 19.4. The second-order valence-electron chi connectivity index (χ2n) is 5.16. The molecule has 0 bridgehead atoms. The third kappa shape index (κ3) is 4.78. The monoisotopic (exact) mass is 400 g/mol. The molecule has 0 radical (unpaired) electrons. The molecule has 0 aliphatic carbocycles. The van der Waals surface area contributed by atoms with Gasteiger partial charge in [0.25, 0.3) is 5.91 Å². The Morgan fingerprint density at radius 3 is 2.56 bits per heavy atom. The van der Waals surface area contributed by atoms with E-state index in [1.807, 2.05) is 0 Å². The highest BCUT2D eigenvalue weighted by atomic mass is 35.5. The molecule has 2 rings (SSSR count). The lowest BCUT2D eigenvalue weighted by molar-refractivity contribution is -0.116. The summed E-state index contributed by atoms with van der Waals surface area (Å²) < 4.78 is 5.17. The summed E-state index contributed by atoms with van der Waals surface area (Å²) in [5.41, 5.74) is 0.645. The van der Waals surface area contributed by atoms with Crippen LogP contribution < -0.4 is 10.1 Å². The molecular weight excluding hydrogens is 387 g/mol. The van der Waals surface area contributed by atoms with Gasteiger partial charge in [0.15, 0.2) is 0 Å². The van der Waals surface area contributed by atoms with E-state index in [1.54, 1.807) is 36.4 Å². The van der Waals surface area contributed by atoms with Gasteiger partial charge in [0.1, 0.15) is 5.75 Å². The van der Waals surface area contributed by atoms with Crippen molar-refractivity contribution in [1.82, 2.24) is 4.90 Å². The van der Waals surface area contributed by atoms with Gasteiger partial charge in [-0.2, -0.15) is 0 Å². The average molecular weight is 402 g/mol. The van der Waals surface area contributed by atoms with Gasteiger partial charge in [-0.1, -0.05) is 40.9 Å². The van der Waals surface area contributed by atoms with E-state index in [1.165, 1.54) is 19.1 Å². The van der Waals surface area contributed by atoms with Crippen molar-refractivity contribution >= 4 is 52.3 Å². The maximum atomic E-state index is 12.4. The number of carbonyl (C=O) groups is 2. The smallest absolute Gasteiger partial charge is 0.255 e. The molecule has 0 unspecified atom stereocenters. The lowest BCUT2D eigenvalue weighted by Crippen LogP contribution is -2.35. The lowest BCUT2D eigenvalue weighted by Gasteiger charge is -2.18. The van der Waals surface area contributed by atoms with Crippen molar-refractivity contribution < 1.29 is 14.3 Å². The Morgan fingerprint density at radius 1 is 1.16 bits per heavy atom. The van der Waals surface area contributed by atoms with Crippen molar-refractivity contribution in [2.45, 2.75) is 0 Å². The second kappa shape index (κ2) is 8.43. The van der Waals surface area contributed by atoms with Crippen LogP contribution in [0.15, 0.2) is 36.4 Å². The van der Waals surface area contributed by atoms with Gasteiger partial charge in [-0.25, -0.2) is 0 Å². The number of carbonyl (C=O) groups excluding carboxylic acids is 2. The summed E-state index contributed by atoms with van der Waals surface area (Å²) in [6.45, 7) is -0.183. The van der Waals surface area contributed by atoms with Gasteiger partial charge in [-0.3, -0.25) is 9.59 Å². The molecule has 2 aromatic carbocycles. The molecule has 0 saturated carbocycles. The first-order valence-corrected chi connectivity index (χ1v) is 8.29. The van der Waals surface area contributed by atoms with Gasteiger partial charge in [0.05, 0.1) is 35.0 Å². The van der Waals surface area contributed by atoms with Crippen LogP contribution >= 0.6 is 34.8 Å². The summed E-state index contributed by atoms with van der Waals surface area (Å²) in [5.74, 6) is -0.361. The third-order valence-corrected chi connectivity index (χ3v) is 4.40. The summed E-state index contributed by atoms with van der Waals surface area (Å²) in [6, 6.07) is 9.59. The van der Waals surface area contributed by atoms with Crippen molar-refractivity contribution in [3.63, 3.8) is 0 Å². The third-order valence-electron chi connectivity index (χ3n) is 3.35. The zero-order chi connectivity index (χ0) is 18.6. The Balaban J connectivity index is 2.09. The summed E-state index contributed by atoms with van der Waals surface area (Å²) >= 11 is 17.9. The molecule has 2 aromatic rings. The van der Waals surface area contributed by atoms with Crippen LogP contribution in [0, 0.1) is 0 Å². The van der Waals surface area contributed by atoms with Crippen molar-refractivity contribution in [3.05, 3.63) is 57.0 Å². The molecule has 5 nitrogen and oxygen atoms in total. The fourth-order valence-corrected chi connectivity index (χ4v) is 2.68. The number of rotatable bonds is 5.